The summed E-state index contributed by atoms with van der Waals surface area (Å²) in [6.45, 7) is 0. The predicted octanol–water partition coefficient (Wildman–Crippen LogP) is 4.03. The highest BCUT2D eigenvalue weighted by Crippen LogP contribution is 2.25. The van der Waals surface area contributed by atoms with Gasteiger partial charge in [0, 0.05) is 22.0 Å². The summed E-state index contributed by atoms with van der Waals surface area (Å²) < 4.78 is 11.5. The van der Waals surface area contributed by atoms with Gasteiger partial charge in [0.1, 0.15) is 17.3 Å². The molecule has 0 saturated carbocycles. The van der Waals surface area contributed by atoms with E-state index in [9.17, 15) is 9.00 Å². The Bertz CT molecular complexity index is 871. The molecular weight excluding hydrogens is 366 g/mol. The van der Waals surface area contributed by atoms with Crippen LogP contribution in [0.1, 0.15) is 12.0 Å². The maximum absolute atomic E-state index is 11.5. The van der Waals surface area contributed by atoms with E-state index >= 15 is 0 Å². The van der Waals surface area contributed by atoms with Crippen molar-refractivity contribution in [2.24, 2.45) is 5.16 Å². The summed E-state index contributed by atoms with van der Waals surface area (Å²) in [7, 11) is -1.26. The van der Waals surface area contributed by atoms with Gasteiger partial charge in [-0.1, -0.05) is 41.6 Å². The largest absolute Gasteiger partial charge is 0.361 e. The van der Waals surface area contributed by atoms with Gasteiger partial charge in [-0.15, -0.1) is 11.8 Å². The quantitative estimate of drug-likeness (QED) is 0.556. The van der Waals surface area contributed by atoms with Crippen LogP contribution in [0.4, 0.5) is 0 Å². The molecule has 0 aliphatic carbocycles. The van der Waals surface area contributed by atoms with Crippen molar-refractivity contribution in [3.63, 3.8) is 0 Å². The molecular formula is C20H19NO3S2. The lowest BCUT2D eigenvalue weighted by Gasteiger charge is -2.05. The SMILES string of the molecule is CSc1ccc(-c2ccc(C3=NO/C(=C\C(C=O)S(C)=O)C3)cc2)cc1. The second-order valence-electron chi connectivity index (χ2n) is 5.84. The monoisotopic (exact) mass is 385 g/mol. The van der Waals surface area contributed by atoms with Gasteiger partial charge >= 0.3 is 0 Å². The molecule has 2 aromatic rings. The first-order valence-electron chi connectivity index (χ1n) is 8.07. The van der Waals surface area contributed by atoms with E-state index in [4.69, 9.17) is 4.84 Å². The number of hydrogen-bond donors (Lipinski definition) is 0. The molecule has 0 radical (unpaired) electrons. The van der Waals surface area contributed by atoms with Gasteiger partial charge in [0.05, 0.1) is 12.1 Å². The van der Waals surface area contributed by atoms with Crippen molar-refractivity contribution < 1.29 is 13.8 Å². The zero-order valence-electron chi connectivity index (χ0n) is 14.5. The Morgan fingerprint density at radius 3 is 2.19 bits per heavy atom. The van der Waals surface area contributed by atoms with Gasteiger partial charge in [0.25, 0.3) is 0 Å². The minimum Gasteiger partial charge on any atom is -0.361 e. The summed E-state index contributed by atoms with van der Waals surface area (Å²) in [5.41, 5.74) is 4.07. The molecule has 4 nitrogen and oxygen atoms in total. The summed E-state index contributed by atoms with van der Waals surface area (Å²) in [6.07, 6.45) is 6.30. The average Bonchev–Trinajstić information content (AvgIpc) is 3.15. The van der Waals surface area contributed by atoms with Crippen LogP contribution in [-0.2, 0) is 20.4 Å². The van der Waals surface area contributed by atoms with Crippen LogP contribution in [0.25, 0.3) is 11.1 Å². The Hall–Kier alpha value is -2.18. The minimum absolute atomic E-state index is 0.489. The summed E-state index contributed by atoms with van der Waals surface area (Å²) in [4.78, 5) is 17.5. The Kier molecular flexibility index (Phi) is 6.06. The van der Waals surface area contributed by atoms with Crippen molar-refractivity contribution in [3.05, 3.63) is 65.9 Å². The van der Waals surface area contributed by atoms with Gasteiger partial charge in [0.2, 0.25) is 0 Å². The van der Waals surface area contributed by atoms with E-state index < -0.39 is 16.0 Å². The van der Waals surface area contributed by atoms with Crippen LogP contribution in [0.3, 0.4) is 0 Å². The Balaban J connectivity index is 1.72. The highest BCUT2D eigenvalue weighted by Gasteiger charge is 2.19. The number of oxime groups is 1. The van der Waals surface area contributed by atoms with Gasteiger partial charge in [-0.25, -0.2) is 0 Å². The molecule has 2 unspecified atom stereocenters. The second-order valence-corrected chi connectivity index (χ2v) is 8.27. The Morgan fingerprint density at radius 2 is 1.65 bits per heavy atom. The number of rotatable bonds is 6. The first-order chi connectivity index (χ1) is 12.6. The average molecular weight is 386 g/mol. The number of aldehydes is 1. The third-order valence-corrected chi connectivity index (χ3v) is 5.88. The molecule has 0 spiro atoms. The number of hydrogen-bond acceptors (Lipinski definition) is 5. The van der Waals surface area contributed by atoms with Crippen LogP contribution in [0.2, 0.25) is 0 Å². The molecule has 2 atom stereocenters. The summed E-state index contributed by atoms with van der Waals surface area (Å²) in [5.74, 6) is 0.559. The lowest BCUT2D eigenvalue weighted by atomic mass is 10.0. The van der Waals surface area contributed by atoms with Gasteiger partial charge in [-0.3, -0.25) is 4.21 Å². The fourth-order valence-electron chi connectivity index (χ4n) is 2.62. The zero-order valence-corrected chi connectivity index (χ0v) is 16.2. The standard InChI is InChI=1S/C20H19NO3S2/c1-25-18-9-7-15(8-10-18)14-3-5-16(6-4-14)20-12-17(24-21-20)11-19(13-22)26(2)23/h3-11,13,19H,12H2,1-2H3/b17-11-. The molecule has 2 aromatic carbocycles. The Morgan fingerprint density at radius 1 is 1.08 bits per heavy atom. The molecule has 1 aliphatic heterocycles. The number of benzene rings is 2. The normalized spacial score (nSPS) is 17.5. The van der Waals surface area contributed by atoms with E-state index in [2.05, 4.69) is 47.8 Å². The van der Waals surface area contributed by atoms with E-state index in [0.717, 1.165) is 16.8 Å². The molecule has 0 bridgehead atoms. The molecule has 26 heavy (non-hydrogen) atoms. The second kappa shape index (κ2) is 8.47. The molecule has 1 heterocycles. The van der Waals surface area contributed by atoms with E-state index in [1.165, 1.54) is 16.7 Å². The highest BCUT2D eigenvalue weighted by atomic mass is 32.2. The highest BCUT2D eigenvalue weighted by molar-refractivity contribution is 7.98. The molecule has 0 amide bonds. The van der Waals surface area contributed by atoms with Crippen molar-refractivity contribution in [3.8, 4) is 11.1 Å². The van der Waals surface area contributed by atoms with Gasteiger partial charge < -0.3 is 9.63 Å². The summed E-state index contributed by atoms with van der Waals surface area (Å²) in [5, 5.41) is 3.43. The van der Waals surface area contributed by atoms with Crippen LogP contribution >= 0.6 is 11.8 Å². The Labute approximate surface area is 159 Å². The molecule has 134 valence electrons. The molecule has 0 saturated heterocycles. The minimum atomic E-state index is -1.26. The lowest BCUT2D eigenvalue weighted by Crippen LogP contribution is -2.13. The fourth-order valence-corrected chi connectivity index (χ4v) is 3.53. The van der Waals surface area contributed by atoms with E-state index in [1.54, 1.807) is 17.8 Å². The molecule has 1 aliphatic rings. The van der Waals surface area contributed by atoms with Crippen LogP contribution in [0.15, 0.2) is 70.4 Å². The predicted molar refractivity (Wildman–Crippen MR) is 108 cm³/mol. The molecule has 6 heteroatoms. The smallest absolute Gasteiger partial charge is 0.139 e. The summed E-state index contributed by atoms with van der Waals surface area (Å²) in [6, 6.07) is 16.6. The molecule has 3 rings (SSSR count). The van der Waals surface area contributed by atoms with E-state index in [0.29, 0.717) is 18.5 Å². The van der Waals surface area contributed by atoms with E-state index in [-0.39, 0.29) is 0 Å². The van der Waals surface area contributed by atoms with Crippen molar-refractivity contribution in [1.29, 1.82) is 0 Å². The zero-order chi connectivity index (χ0) is 18.5. The van der Waals surface area contributed by atoms with Gasteiger partial charge in [0.15, 0.2) is 0 Å². The maximum atomic E-state index is 11.5. The summed E-state index contributed by atoms with van der Waals surface area (Å²) >= 11 is 1.72. The van der Waals surface area contributed by atoms with Gasteiger partial charge in [-0.2, -0.15) is 0 Å². The number of carbonyl (C=O) groups is 1. The molecule has 0 fully saturated rings. The van der Waals surface area contributed by atoms with Gasteiger partial charge in [-0.05, 0) is 41.2 Å². The van der Waals surface area contributed by atoms with Crippen molar-refractivity contribution in [2.75, 3.05) is 12.5 Å². The third-order valence-electron chi connectivity index (χ3n) is 4.12. The lowest BCUT2D eigenvalue weighted by molar-refractivity contribution is -0.106. The number of thioether (sulfide) groups is 1. The van der Waals surface area contributed by atoms with E-state index in [1.807, 2.05) is 12.1 Å². The topological polar surface area (TPSA) is 55.7 Å². The fraction of sp³-hybridized carbons (Fsp3) is 0.200. The van der Waals surface area contributed by atoms with Crippen LogP contribution in [0, 0.1) is 0 Å². The third kappa shape index (κ3) is 4.31. The van der Waals surface area contributed by atoms with Crippen molar-refractivity contribution >= 4 is 34.6 Å². The maximum Gasteiger partial charge on any atom is 0.139 e. The van der Waals surface area contributed by atoms with Crippen LogP contribution in [-0.4, -0.2) is 34.0 Å². The number of allylic oxidation sites excluding steroid dienone is 1. The molecule has 0 N–H and O–H groups in total. The first-order valence-corrected chi connectivity index (χ1v) is 10.9. The molecule has 0 aromatic heterocycles. The number of nitrogens with zero attached hydrogens (tertiary/aromatic N) is 1. The van der Waals surface area contributed by atoms with Crippen molar-refractivity contribution in [2.45, 2.75) is 16.6 Å². The van der Waals surface area contributed by atoms with Crippen LogP contribution in [0.5, 0.6) is 0 Å². The number of carbonyl (C=O) groups excluding carboxylic acids is 1. The first kappa shape index (κ1) is 18.6. The van der Waals surface area contributed by atoms with Crippen molar-refractivity contribution in [1.82, 2.24) is 0 Å². The van der Waals surface area contributed by atoms with Crippen LogP contribution < -0.4 is 0 Å².